The molecule has 1 nitrogen and oxygen atoms in total. The summed E-state index contributed by atoms with van der Waals surface area (Å²) < 4.78 is 0. The number of hydrogen-bond acceptors (Lipinski definition) is 1. The molecule has 0 spiro atoms. The van der Waals surface area contributed by atoms with Crippen LogP contribution in [0.25, 0.3) is 44.1 Å². The fourth-order valence-electron chi connectivity index (χ4n) is 4.65. The lowest BCUT2D eigenvalue weighted by molar-refractivity contribution is 1.34. The summed E-state index contributed by atoms with van der Waals surface area (Å²) in [5.74, 6) is 0. The van der Waals surface area contributed by atoms with Gasteiger partial charge in [0.15, 0.2) is 0 Å². The van der Waals surface area contributed by atoms with Crippen molar-refractivity contribution in [1.29, 1.82) is 0 Å². The van der Waals surface area contributed by atoms with Crippen molar-refractivity contribution in [2.24, 2.45) is 0 Å². The zero-order chi connectivity index (χ0) is 22.5. The molecule has 0 aliphatic rings. The van der Waals surface area contributed by atoms with Crippen molar-refractivity contribution in [1.82, 2.24) is 4.98 Å². The molecular weight excluding hydrogens is 402 g/mol. The Bertz CT molecular complexity index is 1450. The van der Waals surface area contributed by atoms with Crippen LogP contribution in [0.3, 0.4) is 0 Å². The molecule has 2 heteroatoms. The summed E-state index contributed by atoms with van der Waals surface area (Å²) in [6.45, 7) is 11.5. The Morgan fingerprint density at radius 3 is 2.09 bits per heavy atom. The largest absolute Gasteiger partial charge is 0.248 e. The summed E-state index contributed by atoms with van der Waals surface area (Å²) in [4.78, 5) is 5.13. The number of aromatic nitrogens is 1. The van der Waals surface area contributed by atoms with Gasteiger partial charge in [0.1, 0.15) is 0 Å². The molecule has 0 unspecified atom stereocenters. The summed E-state index contributed by atoms with van der Waals surface area (Å²) in [5, 5.41) is 5.26. The minimum absolute atomic E-state index is 1.04. The van der Waals surface area contributed by atoms with Crippen molar-refractivity contribution in [3.8, 4) is 22.4 Å². The first kappa shape index (κ1) is 20.7. The van der Waals surface area contributed by atoms with E-state index in [1.165, 1.54) is 49.2 Å². The Balaban J connectivity index is 1.87. The number of nitrogens with zero attached hydrogens (tertiary/aromatic N) is 1. The summed E-state index contributed by atoms with van der Waals surface area (Å²) in [6.07, 6.45) is 0. The molecule has 0 aliphatic heterocycles. The van der Waals surface area contributed by atoms with Crippen LogP contribution in [-0.2, 0) is 0 Å². The van der Waals surface area contributed by atoms with Gasteiger partial charge in [0.25, 0.3) is 0 Å². The lowest BCUT2D eigenvalue weighted by Gasteiger charge is -2.19. The van der Waals surface area contributed by atoms with E-state index in [-0.39, 0.29) is 0 Å². The molecule has 32 heavy (non-hydrogen) atoms. The van der Waals surface area contributed by atoms with Gasteiger partial charge in [-0.15, -0.1) is 0 Å². The molecule has 0 atom stereocenters. The van der Waals surface area contributed by atoms with Gasteiger partial charge >= 0.3 is 0 Å². The van der Waals surface area contributed by atoms with Gasteiger partial charge in [-0.3, -0.25) is 0 Å². The van der Waals surface area contributed by atoms with Gasteiger partial charge in [-0.1, -0.05) is 96.6 Å². The first-order chi connectivity index (χ1) is 15.3. The summed E-state index contributed by atoms with van der Waals surface area (Å²) in [6, 6.07) is 31.2. The third-order valence-electron chi connectivity index (χ3n) is 6.27. The normalized spacial score (nSPS) is 11.9. The molecule has 1 aromatic heterocycles. The first-order valence-corrected chi connectivity index (χ1v) is 14.8. The van der Waals surface area contributed by atoms with E-state index in [2.05, 4.69) is 118 Å². The molecule has 4 aromatic carbocycles. The van der Waals surface area contributed by atoms with E-state index in [0.717, 1.165) is 11.2 Å². The quantitative estimate of drug-likeness (QED) is 0.265. The number of rotatable bonds is 3. The van der Waals surface area contributed by atoms with Crippen LogP contribution in [0.15, 0.2) is 84.9 Å². The Labute approximate surface area is 191 Å². The van der Waals surface area contributed by atoms with Crippen molar-refractivity contribution >= 4 is 34.9 Å². The van der Waals surface area contributed by atoms with Gasteiger partial charge in [-0.25, -0.2) is 4.98 Å². The van der Waals surface area contributed by atoms with Gasteiger partial charge < -0.3 is 0 Å². The van der Waals surface area contributed by atoms with Crippen molar-refractivity contribution in [2.45, 2.75) is 33.5 Å². The SMILES string of the molecule is Cc1cc(C)cc(-c2cc(-c3cccc4ccccc34)c3cc([Si](C)(C)C)ccc3n2)c1. The third-order valence-corrected chi connectivity index (χ3v) is 8.32. The Morgan fingerprint density at radius 2 is 1.34 bits per heavy atom. The second kappa shape index (κ2) is 7.72. The Morgan fingerprint density at radius 1 is 0.625 bits per heavy atom. The molecule has 0 fully saturated rings. The molecule has 5 aromatic rings. The molecule has 0 aliphatic carbocycles. The van der Waals surface area contributed by atoms with Crippen molar-refractivity contribution in [3.63, 3.8) is 0 Å². The van der Waals surface area contributed by atoms with Gasteiger partial charge in [0, 0.05) is 10.9 Å². The maximum atomic E-state index is 5.13. The molecular formula is C30H29NSi. The zero-order valence-electron chi connectivity index (χ0n) is 19.5. The van der Waals surface area contributed by atoms with E-state index in [1.807, 2.05) is 0 Å². The third kappa shape index (κ3) is 3.76. The molecule has 0 amide bonds. The monoisotopic (exact) mass is 431 g/mol. The highest BCUT2D eigenvalue weighted by atomic mass is 28.3. The number of hydrogen-bond donors (Lipinski definition) is 0. The highest BCUT2D eigenvalue weighted by Crippen LogP contribution is 2.36. The van der Waals surface area contributed by atoms with Crippen LogP contribution in [0, 0.1) is 13.8 Å². The minimum Gasteiger partial charge on any atom is -0.248 e. The molecule has 0 radical (unpaired) electrons. The van der Waals surface area contributed by atoms with Crippen LogP contribution >= 0.6 is 0 Å². The number of aryl methyl sites for hydroxylation is 2. The molecule has 0 saturated carbocycles. The standard InChI is InChI=1S/C30H29NSi/c1-20-15-21(2)17-23(16-20)30-19-27(26-12-8-10-22-9-6-7-11-25(22)26)28-18-24(32(3,4)5)13-14-29(28)31-30/h6-19H,1-5H3. The van der Waals surface area contributed by atoms with Crippen LogP contribution < -0.4 is 5.19 Å². The first-order valence-electron chi connectivity index (χ1n) is 11.3. The zero-order valence-corrected chi connectivity index (χ0v) is 20.5. The van der Waals surface area contributed by atoms with Gasteiger partial charge in [-0.05, 0) is 60.0 Å². The predicted octanol–water partition coefficient (Wildman–Crippen LogP) is 7.88. The summed E-state index contributed by atoms with van der Waals surface area (Å²) >= 11 is 0. The molecule has 0 saturated heterocycles. The molecule has 0 N–H and O–H groups in total. The highest BCUT2D eigenvalue weighted by Gasteiger charge is 2.19. The fourth-order valence-corrected chi connectivity index (χ4v) is 5.81. The average Bonchev–Trinajstić information content (AvgIpc) is 2.76. The van der Waals surface area contributed by atoms with E-state index in [9.17, 15) is 0 Å². The Hall–Kier alpha value is -3.23. The van der Waals surface area contributed by atoms with E-state index >= 15 is 0 Å². The van der Waals surface area contributed by atoms with E-state index < -0.39 is 8.07 Å². The van der Waals surface area contributed by atoms with Crippen LogP contribution in [0.1, 0.15) is 11.1 Å². The predicted molar refractivity (Wildman–Crippen MR) is 143 cm³/mol. The number of fused-ring (bicyclic) bond motifs is 2. The fraction of sp³-hybridized carbons (Fsp3) is 0.167. The van der Waals surface area contributed by atoms with Crippen LogP contribution in [0.4, 0.5) is 0 Å². The summed E-state index contributed by atoms with van der Waals surface area (Å²) in [5.41, 5.74) is 8.35. The van der Waals surface area contributed by atoms with Crippen molar-refractivity contribution in [2.75, 3.05) is 0 Å². The van der Waals surface area contributed by atoms with E-state index in [0.29, 0.717) is 0 Å². The Kier molecular flexibility index (Phi) is 4.98. The second-order valence-electron chi connectivity index (χ2n) is 9.94. The molecule has 158 valence electrons. The molecule has 0 bridgehead atoms. The molecule has 5 rings (SSSR count). The molecule has 1 heterocycles. The van der Waals surface area contributed by atoms with Crippen LogP contribution in [0.5, 0.6) is 0 Å². The van der Waals surface area contributed by atoms with Crippen molar-refractivity contribution < 1.29 is 0 Å². The smallest absolute Gasteiger partial charge is 0.0776 e. The van der Waals surface area contributed by atoms with E-state index in [4.69, 9.17) is 4.98 Å². The van der Waals surface area contributed by atoms with Gasteiger partial charge in [-0.2, -0.15) is 0 Å². The topological polar surface area (TPSA) is 12.9 Å². The maximum absolute atomic E-state index is 5.13. The second-order valence-corrected chi connectivity index (χ2v) is 15.0. The lowest BCUT2D eigenvalue weighted by atomic mass is 9.93. The summed E-state index contributed by atoms with van der Waals surface area (Å²) in [7, 11) is -1.45. The van der Waals surface area contributed by atoms with Crippen molar-refractivity contribution in [3.05, 3.63) is 96.1 Å². The van der Waals surface area contributed by atoms with Gasteiger partial charge in [0.05, 0.1) is 19.3 Å². The highest BCUT2D eigenvalue weighted by molar-refractivity contribution is 6.88. The maximum Gasteiger partial charge on any atom is 0.0776 e. The minimum atomic E-state index is -1.45. The van der Waals surface area contributed by atoms with E-state index in [1.54, 1.807) is 0 Å². The number of benzene rings is 4. The average molecular weight is 432 g/mol. The lowest BCUT2D eigenvalue weighted by Crippen LogP contribution is -2.37. The van der Waals surface area contributed by atoms with Crippen LogP contribution in [-0.4, -0.2) is 13.1 Å². The number of pyridine rings is 1. The van der Waals surface area contributed by atoms with Crippen LogP contribution in [0.2, 0.25) is 19.6 Å². The van der Waals surface area contributed by atoms with Gasteiger partial charge in [0.2, 0.25) is 0 Å².